The Balaban J connectivity index is 1.80. The summed E-state index contributed by atoms with van der Waals surface area (Å²) in [5.74, 6) is 0.0743. The number of hydrogen-bond donors (Lipinski definition) is 0. The third-order valence-electron chi connectivity index (χ3n) is 4.79. The maximum absolute atomic E-state index is 12.9. The minimum Gasteiger partial charge on any atom is -0.297 e. The van der Waals surface area contributed by atoms with E-state index in [-0.39, 0.29) is 11.8 Å². The van der Waals surface area contributed by atoms with Crippen molar-refractivity contribution in [2.75, 3.05) is 26.7 Å². The van der Waals surface area contributed by atoms with Crippen molar-refractivity contribution in [3.8, 4) is 0 Å². The van der Waals surface area contributed by atoms with E-state index in [1.807, 2.05) is 49.4 Å². The average molecular weight is 344 g/mol. The van der Waals surface area contributed by atoms with Crippen LogP contribution in [0, 0.1) is 6.92 Å². The van der Waals surface area contributed by atoms with Crippen LogP contribution in [-0.4, -0.2) is 44.3 Å². The van der Waals surface area contributed by atoms with E-state index in [1.165, 1.54) is 0 Å². The number of nitrogens with zero attached hydrogens (tertiary/aromatic N) is 2. The van der Waals surface area contributed by atoms with Crippen LogP contribution in [0.5, 0.6) is 0 Å². The Kier molecular flexibility index (Phi) is 5.04. The van der Waals surface area contributed by atoms with Gasteiger partial charge in [0.1, 0.15) is 0 Å². The van der Waals surface area contributed by atoms with Gasteiger partial charge in [-0.15, -0.1) is 0 Å². The van der Waals surface area contributed by atoms with E-state index in [2.05, 4.69) is 24.1 Å². The highest BCUT2D eigenvalue weighted by atomic mass is 32.2. The molecule has 2 aromatic rings. The van der Waals surface area contributed by atoms with Gasteiger partial charge >= 0.3 is 0 Å². The molecule has 4 nitrogen and oxygen atoms in total. The van der Waals surface area contributed by atoms with Crippen molar-refractivity contribution >= 4 is 10.0 Å². The second-order valence-corrected chi connectivity index (χ2v) is 8.42. The fourth-order valence-electron chi connectivity index (χ4n) is 3.20. The monoisotopic (exact) mass is 344 g/mol. The molecule has 1 heterocycles. The van der Waals surface area contributed by atoms with Crippen molar-refractivity contribution in [2.45, 2.75) is 18.7 Å². The second-order valence-electron chi connectivity index (χ2n) is 6.45. The Morgan fingerprint density at radius 2 is 1.67 bits per heavy atom. The molecule has 24 heavy (non-hydrogen) atoms. The summed E-state index contributed by atoms with van der Waals surface area (Å²) in [4.78, 5) is 2.23. The molecule has 0 saturated carbocycles. The maximum Gasteiger partial charge on any atom is 0.218 e. The van der Waals surface area contributed by atoms with Gasteiger partial charge in [-0.25, -0.2) is 8.42 Å². The molecule has 1 atom stereocenters. The van der Waals surface area contributed by atoms with Crippen LogP contribution in [0.15, 0.2) is 54.6 Å². The van der Waals surface area contributed by atoms with Crippen molar-refractivity contribution in [1.29, 1.82) is 0 Å². The number of rotatable bonds is 4. The Morgan fingerprint density at radius 3 is 2.38 bits per heavy atom. The van der Waals surface area contributed by atoms with Gasteiger partial charge in [0.25, 0.3) is 0 Å². The quantitative estimate of drug-likeness (QED) is 0.856. The van der Waals surface area contributed by atoms with E-state index in [9.17, 15) is 8.42 Å². The van der Waals surface area contributed by atoms with E-state index < -0.39 is 10.0 Å². The summed E-state index contributed by atoms with van der Waals surface area (Å²) in [6.45, 7) is 3.76. The van der Waals surface area contributed by atoms with E-state index in [1.54, 1.807) is 4.31 Å². The van der Waals surface area contributed by atoms with Crippen LogP contribution in [-0.2, 0) is 15.8 Å². The summed E-state index contributed by atoms with van der Waals surface area (Å²) in [6, 6.07) is 17.9. The molecule has 1 aliphatic rings. The lowest BCUT2D eigenvalue weighted by atomic mass is 10.0. The minimum absolute atomic E-state index is 0.0743. The average Bonchev–Trinajstić information content (AvgIpc) is 2.58. The van der Waals surface area contributed by atoms with Crippen LogP contribution in [0.3, 0.4) is 0 Å². The first-order chi connectivity index (χ1) is 11.5. The molecule has 0 aliphatic carbocycles. The van der Waals surface area contributed by atoms with E-state index >= 15 is 0 Å². The Morgan fingerprint density at radius 1 is 1.00 bits per heavy atom. The lowest BCUT2D eigenvalue weighted by Crippen LogP contribution is -2.49. The zero-order chi connectivity index (χ0) is 17.2. The number of piperazine rings is 1. The first-order valence-electron chi connectivity index (χ1n) is 8.25. The smallest absolute Gasteiger partial charge is 0.218 e. The molecule has 0 amide bonds. The highest BCUT2D eigenvalue weighted by molar-refractivity contribution is 7.88. The molecule has 1 unspecified atom stereocenters. The van der Waals surface area contributed by atoms with Crippen LogP contribution in [0.2, 0.25) is 0 Å². The van der Waals surface area contributed by atoms with Crippen LogP contribution >= 0.6 is 0 Å². The molecule has 1 fully saturated rings. The number of hydrogen-bond acceptors (Lipinski definition) is 3. The lowest BCUT2D eigenvalue weighted by Gasteiger charge is -2.39. The summed E-state index contributed by atoms with van der Waals surface area (Å²) in [7, 11) is -1.26. The van der Waals surface area contributed by atoms with Crippen molar-refractivity contribution < 1.29 is 8.42 Å². The van der Waals surface area contributed by atoms with Gasteiger partial charge < -0.3 is 0 Å². The molecular weight excluding hydrogens is 320 g/mol. The zero-order valence-corrected chi connectivity index (χ0v) is 15.0. The normalized spacial score (nSPS) is 20.2. The zero-order valence-electron chi connectivity index (χ0n) is 14.2. The van der Waals surface area contributed by atoms with Gasteiger partial charge in [-0.3, -0.25) is 4.90 Å². The second kappa shape index (κ2) is 7.05. The first kappa shape index (κ1) is 17.1. The molecule has 1 aliphatic heterocycles. The highest BCUT2D eigenvalue weighted by Gasteiger charge is 2.32. The standard InChI is InChI=1S/C19H24N2O2S/c1-16-8-6-7-11-18(16)15-24(22,23)21-13-12-20(2)19(14-21)17-9-4-3-5-10-17/h3-11,19H,12-15H2,1-2H3. The molecule has 5 heteroatoms. The summed E-state index contributed by atoms with van der Waals surface area (Å²) in [5.41, 5.74) is 3.07. The fourth-order valence-corrected chi connectivity index (χ4v) is 4.82. The van der Waals surface area contributed by atoms with Gasteiger partial charge in [0, 0.05) is 25.7 Å². The number of aryl methyl sites for hydroxylation is 1. The highest BCUT2D eigenvalue weighted by Crippen LogP contribution is 2.26. The van der Waals surface area contributed by atoms with Crippen molar-refractivity contribution in [1.82, 2.24) is 9.21 Å². The molecule has 1 saturated heterocycles. The van der Waals surface area contributed by atoms with Crippen molar-refractivity contribution in [3.63, 3.8) is 0 Å². The topological polar surface area (TPSA) is 40.6 Å². The summed E-state index contributed by atoms with van der Waals surface area (Å²) in [5, 5.41) is 0. The molecule has 2 aromatic carbocycles. The molecule has 0 radical (unpaired) electrons. The third-order valence-corrected chi connectivity index (χ3v) is 6.58. The SMILES string of the molecule is Cc1ccccc1CS(=O)(=O)N1CCN(C)C(c2ccccc2)C1. The van der Waals surface area contributed by atoms with Gasteiger partial charge in [-0.2, -0.15) is 4.31 Å². The lowest BCUT2D eigenvalue weighted by molar-refractivity contribution is 0.148. The Hall–Kier alpha value is -1.69. The number of sulfonamides is 1. The van der Waals surface area contributed by atoms with Gasteiger partial charge in [0.2, 0.25) is 10.0 Å². The summed E-state index contributed by atoms with van der Waals surface area (Å²) in [6.07, 6.45) is 0. The van der Waals surface area contributed by atoms with Gasteiger partial charge in [0.15, 0.2) is 0 Å². The van der Waals surface area contributed by atoms with Crippen LogP contribution < -0.4 is 0 Å². The van der Waals surface area contributed by atoms with E-state index in [0.29, 0.717) is 13.1 Å². The van der Waals surface area contributed by atoms with Crippen molar-refractivity contribution in [3.05, 3.63) is 71.3 Å². The minimum atomic E-state index is -3.32. The Bertz CT molecular complexity index is 790. The van der Waals surface area contributed by atoms with Gasteiger partial charge in [-0.05, 0) is 30.7 Å². The summed E-state index contributed by atoms with van der Waals surface area (Å²) < 4.78 is 27.4. The number of likely N-dealkylation sites (N-methyl/N-ethyl adjacent to an activating group) is 1. The third kappa shape index (κ3) is 3.69. The van der Waals surface area contributed by atoms with Crippen LogP contribution in [0.25, 0.3) is 0 Å². The Labute approximate surface area is 144 Å². The van der Waals surface area contributed by atoms with E-state index in [0.717, 1.165) is 23.2 Å². The molecule has 3 rings (SSSR count). The van der Waals surface area contributed by atoms with Gasteiger partial charge in [0.05, 0.1) is 5.75 Å². The molecule has 128 valence electrons. The number of benzene rings is 2. The maximum atomic E-state index is 12.9. The molecular formula is C19H24N2O2S. The molecule has 0 spiro atoms. The molecule has 0 bridgehead atoms. The van der Waals surface area contributed by atoms with Crippen LogP contribution in [0.1, 0.15) is 22.7 Å². The van der Waals surface area contributed by atoms with Crippen molar-refractivity contribution in [2.24, 2.45) is 0 Å². The van der Waals surface area contributed by atoms with E-state index in [4.69, 9.17) is 0 Å². The van der Waals surface area contributed by atoms with Gasteiger partial charge in [-0.1, -0.05) is 54.6 Å². The molecule has 0 aromatic heterocycles. The predicted octanol–water partition coefficient (Wildman–Crippen LogP) is 2.81. The largest absolute Gasteiger partial charge is 0.297 e. The predicted molar refractivity (Wildman–Crippen MR) is 97.2 cm³/mol. The first-order valence-corrected chi connectivity index (χ1v) is 9.86. The summed E-state index contributed by atoms with van der Waals surface area (Å²) >= 11 is 0. The molecule has 0 N–H and O–H groups in total. The van der Waals surface area contributed by atoms with Crippen LogP contribution in [0.4, 0.5) is 0 Å². The fraction of sp³-hybridized carbons (Fsp3) is 0.368.